The zero-order valence-corrected chi connectivity index (χ0v) is 22.1. The molecule has 0 aliphatic heterocycles. The van der Waals surface area contributed by atoms with Crippen LogP contribution in [0.25, 0.3) is 33.4 Å². The van der Waals surface area contributed by atoms with Gasteiger partial charge in [-0.05, 0) is 6.07 Å². The Hall–Kier alpha value is -7.21. The summed E-state index contributed by atoms with van der Waals surface area (Å²) in [6.45, 7) is 0. The number of allylic oxidation sites excluding steroid dienone is 8. The fourth-order valence-electron chi connectivity index (χ4n) is 5.22. The van der Waals surface area contributed by atoms with E-state index in [0.717, 1.165) is 0 Å². The fraction of sp³-hybridized carbons (Fsp3) is 0. The summed E-state index contributed by atoms with van der Waals surface area (Å²) in [6, 6.07) is 8.52. The Morgan fingerprint density at radius 2 is 0.745 bits per heavy atom. The summed E-state index contributed by atoms with van der Waals surface area (Å²) in [5.41, 5.74) is -16.5. The largest absolute Gasteiger partial charge is 0.252 e. The summed E-state index contributed by atoms with van der Waals surface area (Å²) >= 11 is 0. The van der Waals surface area contributed by atoms with Crippen molar-refractivity contribution in [2.75, 3.05) is 0 Å². The van der Waals surface area contributed by atoms with Crippen molar-refractivity contribution in [1.82, 2.24) is 9.97 Å². The first kappa shape index (κ1) is 31.2. The third-order valence-electron chi connectivity index (χ3n) is 6.97. The van der Waals surface area contributed by atoms with Gasteiger partial charge < -0.3 is 0 Å². The minimum atomic E-state index is -2.25. The van der Waals surface area contributed by atoms with Crippen LogP contribution in [0.5, 0.6) is 0 Å². The second-order valence-electron chi connectivity index (χ2n) is 9.10. The van der Waals surface area contributed by atoms with E-state index in [2.05, 4.69) is 9.97 Å². The summed E-state index contributed by atoms with van der Waals surface area (Å²) in [7, 11) is 0. The minimum Gasteiger partial charge on any atom is -0.206 e. The van der Waals surface area contributed by atoms with Gasteiger partial charge in [0.25, 0.3) is 23.8 Å². The first-order chi connectivity index (χ1) is 22.3. The van der Waals surface area contributed by atoms with Gasteiger partial charge in [0.15, 0.2) is 23.3 Å². The standard InChI is InChI=1S/C30HF9N8/c31-22-18-10(12(6-44)16(14(18)8(2-40)3-41)20-23(32)27(36)46-28(37)24(20)33)1-11-13(7-45)17(15(19(11)22)9(4-42)5-43)21-25(34)29(38)47-30(39)26(21)35/h1H. The van der Waals surface area contributed by atoms with Gasteiger partial charge in [0.05, 0.1) is 22.3 Å². The Bertz CT molecular complexity index is 2210. The first-order valence-electron chi connectivity index (χ1n) is 12.0. The number of pyridine rings is 2. The van der Waals surface area contributed by atoms with Crippen molar-refractivity contribution in [3.63, 3.8) is 0 Å². The van der Waals surface area contributed by atoms with Crippen molar-refractivity contribution >= 4 is 33.4 Å². The van der Waals surface area contributed by atoms with Gasteiger partial charge in [-0.15, -0.1) is 0 Å². The molecule has 0 N–H and O–H groups in total. The Labute approximate surface area is 254 Å². The Morgan fingerprint density at radius 1 is 0.447 bits per heavy atom. The quantitative estimate of drug-likeness (QED) is 0.180. The molecule has 0 unspecified atom stereocenters. The molecule has 2 aromatic heterocycles. The molecule has 0 radical (unpaired) electrons. The van der Waals surface area contributed by atoms with Crippen LogP contribution in [0.15, 0.2) is 17.2 Å². The molecular formula is C30HF9N8. The van der Waals surface area contributed by atoms with E-state index in [1.54, 1.807) is 0 Å². The second-order valence-corrected chi connectivity index (χ2v) is 9.10. The summed E-state index contributed by atoms with van der Waals surface area (Å²) in [5.74, 6) is -19.8. The highest BCUT2D eigenvalue weighted by Crippen LogP contribution is 2.56. The zero-order chi connectivity index (χ0) is 34.6. The normalized spacial score (nSPS) is 12.8. The first-order valence-corrected chi connectivity index (χ1v) is 12.0. The molecule has 2 heterocycles. The molecule has 0 spiro atoms. The Balaban J connectivity index is 2.07. The van der Waals surface area contributed by atoms with Gasteiger partial charge in [-0.1, -0.05) is 0 Å². The molecule has 0 saturated carbocycles. The maximum atomic E-state index is 16.9. The molecule has 0 fully saturated rings. The average molecular weight is 644 g/mol. The summed E-state index contributed by atoms with van der Waals surface area (Å²) in [5, 5.41) is 58.7. The van der Waals surface area contributed by atoms with Gasteiger partial charge in [0, 0.05) is 44.5 Å². The van der Waals surface area contributed by atoms with Gasteiger partial charge in [0.1, 0.15) is 53.4 Å². The van der Waals surface area contributed by atoms with E-state index < -0.39 is 131 Å². The number of nitrogens with zero attached hydrogens (tertiary/aromatic N) is 8. The van der Waals surface area contributed by atoms with E-state index in [4.69, 9.17) is 0 Å². The van der Waals surface area contributed by atoms with Crippen LogP contribution in [0, 0.1) is 121 Å². The van der Waals surface area contributed by atoms with Crippen LogP contribution in [-0.2, 0) is 0 Å². The molecule has 3 aromatic rings. The minimum absolute atomic E-state index is 0.636. The van der Waals surface area contributed by atoms with E-state index >= 15 is 22.0 Å². The molecule has 2 aliphatic carbocycles. The van der Waals surface area contributed by atoms with E-state index in [9.17, 15) is 49.1 Å². The van der Waals surface area contributed by atoms with Crippen LogP contribution in [0.2, 0.25) is 0 Å². The summed E-state index contributed by atoms with van der Waals surface area (Å²) in [6.07, 6.45) is 0. The molecule has 224 valence electrons. The zero-order valence-electron chi connectivity index (χ0n) is 22.1. The summed E-state index contributed by atoms with van der Waals surface area (Å²) in [4.78, 5) is 4.76. The fourth-order valence-corrected chi connectivity index (χ4v) is 5.22. The number of aromatic nitrogens is 2. The Morgan fingerprint density at radius 3 is 1.00 bits per heavy atom. The third-order valence-corrected chi connectivity index (χ3v) is 6.97. The number of hydrogen-bond acceptors (Lipinski definition) is 8. The SMILES string of the molecule is N#CC(C#N)=C1C(c2c(F)c(F)nc(F)c2F)=C(C#N)c2cc3c(c(F)c21)C(=C(C#N)C#N)C(c1c(F)c(F)nc(F)c1F)=C3C#N. The Kier molecular flexibility index (Phi) is 7.34. The van der Waals surface area contributed by atoms with Gasteiger partial charge in [-0.2, -0.15) is 59.1 Å². The number of nitriles is 6. The van der Waals surface area contributed by atoms with Gasteiger partial charge in [0.2, 0.25) is 0 Å². The molecule has 1 aromatic carbocycles. The molecule has 0 saturated heterocycles. The van der Waals surface area contributed by atoms with Crippen LogP contribution in [0.3, 0.4) is 0 Å². The monoisotopic (exact) mass is 644 g/mol. The van der Waals surface area contributed by atoms with Crippen molar-refractivity contribution in [2.24, 2.45) is 0 Å². The third kappa shape index (κ3) is 4.13. The number of benzene rings is 1. The predicted octanol–water partition coefficient (Wildman–Crippen LogP) is 6.23. The molecule has 0 atom stereocenters. The highest BCUT2D eigenvalue weighted by molar-refractivity contribution is 6.30. The van der Waals surface area contributed by atoms with Crippen molar-refractivity contribution in [1.29, 1.82) is 31.6 Å². The van der Waals surface area contributed by atoms with Crippen LogP contribution in [0.1, 0.15) is 33.4 Å². The van der Waals surface area contributed by atoms with Crippen LogP contribution in [-0.4, -0.2) is 9.97 Å². The predicted molar refractivity (Wildman–Crippen MR) is 136 cm³/mol. The van der Waals surface area contributed by atoms with Crippen LogP contribution >= 0.6 is 0 Å². The molecule has 17 heteroatoms. The smallest absolute Gasteiger partial charge is 0.206 e. The van der Waals surface area contributed by atoms with Gasteiger partial charge >= 0.3 is 0 Å². The highest BCUT2D eigenvalue weighted by Gasteiger charge is 2.44. The molecule has 47 heavy (non-hydrogen) atoms. The molecule has 0 amide bonds. The molecule has 2 aliphatic rings. The van der Waals surface area contributed by atoms with E-state index in [1.807, 2.05) is 0 Å². The van der Waals surface area contributed by atoms with Crippen LogP contribution in [0.4, 0.5) is 39.5 Å². The van der Waals surface area contributed by atoms with E-state index in [1.165, 1.54) is 36.4 Å². The van der Waals surface area contributed by atoms with Crippen LogP contribution < -0.4 is 0 Å². The van der Waals surface area contributed by atoms with Crippen molar-refractivity contribution < 1.29 is 39.5 Å². The molecule has 8 nitrogen and oxygen atoms in total. The lowest BCUT2D eigenvalue weighted by Crippen LogP contribution is -2.08. The van der Waals surface area contributed by atoms with E-state index in [-0.39, 0.29) is 0 Å². The second kappa shape index (κ2) is 11.1. The molecule has 5 rings (SSSR count). The number of hydrogen-bond donors (Lipinski definition) is 0. The highest BCUT2D eigenvalue weighted by atomic mass is 19.2. The maximum Gasteiger partial charge on any atom is 0.252 e. The number of rotatable bonds is 2. The lowest BCUT2D eigenvalue weighted by atomic mass is 9.88. The van der Waals surface area contributed by atoms with Crippen molar-refractivity contribution in [3.05, 3.63) is 103 Å². The van der Waals surface area contributed by atoms with Gasteiger partial charge in [-0.3, -0.25) is 0 Å². The van der Waals surface area contributed by atoms with Crippen molar-refractivity contribution in [3.8, 4) is 36.4 Å². The topological polar surface area (TPSA) is 169 Å². The molecular weight excluding hydrogens is 643 g/mol. The molecule has 0 bridgehead atoms. The average Bonchev–Trinajstić information content (AvgIpc) is 3.54. The lowest BCUT2D eigenvalue weighted by molar-refractivity contribution is 0.404. The van der Waals surface area contributed by atoms with Gasteiger partial charge in [-0.25, -0.2) is 22.0 Å². The lowest BCUT2D eigenvalue weighted by Gasteiger charge is -2.14. The number of halogens is 9. The van der Waals surface area contributed by atoms with Crippen molar-refractivity contribution in [2.45, 2.75) is 0 Å². The maximum absolute atomic E-state index is 16.9. The summed E-state index contributed by atoms with van der Waals surface area (Å²) < 4.78 is 134. The number of fused-ring (bicyclic) bond motifs is 2. The van der Waals surface area contributed by atoms with E-state index in [0.29, 0.717) is 6.07 Å².